The minimum absolute atomic E-state index is 0. The number of hydrogen-bond donors (Lipinski definition) is 2. The number of nitrogens with zero attached hydrogens (tertiary/aromatic N) is 2. The molecule has 25 heavy (non-hydrogen) atoms. The van der Waals surface area contributed by atoms with Crippen LogP contribution in [0.4, 0.5) is 0 Å². The van der Waals surface area contributed by atoms with Gasteiger partial charge in [0, 0.05) is 26.2 Å². The summed E-state index contributed by atoms with van der Waals surface area (Å²) in [7, 11) is 1.80. The summed E-state index contributed by atoms with van der Waals surface area (Å²) < 4.78 is 5.81. The molecule has 0 aliphatic carbocycles. The summed E-state index contributed by atoms with van der Waals surface area (Å²) >= 11 is 0. The van der Waals surface area contributed by atoms with Crippen LogP contribution in [0.25, 0.3) is 0 Å². The zero-order chi connectivity index (χ0) is 17.8. The maximum absolute atomic E-state index is 5.81. The van der Waals surface area contributed by atoms with Gasteiger partial charge in [-0.05, 0) is 44.1 Å². The number of benzene rings is 1. The molecule has 1 atom stereocenters. The number of halogens is 1. The molecule has 144 valence electrons. The summed E-state index contributed by atoms with van der Waals surface area (Å²) in [5.74, 6) is 1.76. The third-order valence-electron chi connectivity index (χ3n) is 4.17. The van der Waals surface area contributed by atoms with Crippen LogP contribution < -0.4 is 15.4 Å². The molecular weight excluding hydrogens is 427 g/mol. The van der Waals surface area contributed by atoms with E-state index in [4.69, 9.17) is 4.74 Å². The summed E-state index contributed by atoms with van der Waals surface area (Å²) in [6.45, 7) is 13.2. The molecular formula is C19H35IN4O. The fourth-order valence-corrected chi connectivity index (χ4v) is 2.25. The number of ether oxygens (including phenoxy) is 1. The minimum atomic E-state index is 0. The van der Waals surface area contributed by atoms with Crippen molar-refractivity contribution in [3.63, 3.8) is 0 Å². The monoisotopic (exact) mass is 462 g/mol. The fraction of sp³-hybridized carbons (Fsp3) is 0.632. The van der Waals surface area contributed by atoms with Gasteiger partial charge in [0.1, 0.15) is 12.4 Å². The predicted octanol–water partition coefficient (Wildman–Crippen LogP) is 3.49. The van der Waals surface area contributed by atoms with Gasteiger partial charge in [0.15, 0.2) is 5.96 Å². The molecule has 1 rings (SSSR count). The van der Waals surface area contributed by atoms with E-state index in [1.54, 1.807) is 7.05 Å². The highest BCUT2D eigenvalue weighted by Gasteiger charge is 2.03. The van der Waals surface area contributed by atoms with Crippen molar-refractivity contribution >= 4 is 29.9 Å². The van der Waals surface area contributed by atoms with Gasteiger partial charge in [0.25, 0.3) is 0 Å². The predicted molar refractivity (Wildman–Crippen MR) is 118 cm³/mol. The third kappa shape index (κ3) is 9.89. The van der Waals surface area contributed by atoms with E-state index in [2.05, 4.69) is 60.4 Å². The molecule has 0 radical (unpaired) electrons. The Hall–Kier alpha value is -1.02. The molecule has 0 aliphatic heterocycles. The van der Waals surface area contributed by atoms with Crippen molar-refractivity contribution in [2.24, 2.45) is 4.99 Å². The number of nitrogens with one attached hydrogen (secondary N) is 2. The second kappa shape index (κ2) is 14.2. The first-order valence-corrected chi connectivity index (χ1v) is 9.04. The Morgan fingerprint density at radius 2 is 1.80 bits per heavy atom. The molecule has 0 aliphatic rings. The number of guanidine groups is 1. The molecule has 5 nitrogen and oxygen atoms in total. The van der Waals surface area contributed by atoms with E-state index < -0.39 is 0 Å². The van der Waals surface area contributed by atoms with Gasteiger partial charge in [0.05, 0.1) is 0 Å². The largest absolute Gasteiger partial charge is 0.492 e. The van der Waals surface area contributed by atoms with E-state index >= 15 is 0 Å². The summed E-state index contributed by atoms with van der Waals surface area (Å²) in [4.78, 5) is 6.60. The number of likely N-dealkylation sites (N-methyl/N-ethyl adjacent to an activating group) is 1. The Morgan fingerprint density at radius 1 is 1.16 bits per heavy atom. The first-order chi connectivity index (χ1) is 11.6. The molecule has 0 spiro atoms. The van der Waals surface area contributed by atoms with E-state index in [0.29, 0.717) is 6.04 Å². The van der Waals surface area contributed by atoms with Gasteiger partial charge in [-0.3, -0.25) is 4.99 Å². The first kappa shape index (κ1) is 24.0. The maximum atomic E-state index is 5.81. The molecule has 1 unspecified atom stereocenters. The Morgan fingerprint density at radius 3 is 2.32 bits per heavy atom. The van der Waals surface area contributed by atoms with Crippen LogP contribution in [0.1, 0.15) is 39.7 Å². The topological polar surface area (TPSA) is 48.9 Å². The van der Waals surface area contributed by atoms with E-state index in [1.807, 2.05) is 12.1 Å². The smallest absolute Gasteiger partial charge is 0.191 e. The maximum Gasteiger partial charge on any atom is 0.191 e. The summed E-state index contributed by atoms with van der Waals surface area (Å²) in [6.07, 6.45) is 1.07. The van der Waals surface area contributed by atoms with Crippen LogP contribution in [0.15, 0.2) is 29.3 Å². The first-order valence-electron chi connectivity index (χ1n) is 9.04. The van der Waals surface area contributed by atoms with Crippen molar-refractivity contribution in [3.8, 4) is 5.75 Å². The van der Waals surface area contributed by atoms with Gasteiger partial charge in [-0.1, -0.05) is 32.9 Å². The lowest BCUT2D eigenvalue weighted by atomic mass is 10.2. The molecule has 0 amide bonds. The highest BCUT2D eigenvalue weighted by molar-refractivity contribution is 14.0. The molecule has 2 N–H and O–H groups in total. The number of hydrogen-bond acceptors (Lipinski definition) is 3. The molecule has 0 heterocycles. The van der Waals surface area contributed by atoms with Gasteiger partial charge < -0.3 is 20.3 Å². The zero-order valence-electron chi connectivity index (χ0n) is 16.3. The van der Waals surface area contributed by atoms with Crippen molar-refractivity contribution in [1.29, 1.82) is 0 Å². The van der Waals surface area contributed by atoms with Gasteiger partial charge >= 0.3 is 0 Å². The van der Waals surface area contributed by atoms with Crippen LogP contribution in [-0.4, -0.2) is 50.2 Å². The van der Waals surface area contributed by atoms with Crippen molar-refractivity contribution in [2.45, 2.75) is 46.7 Å². The van der Waals surface area contributed by atoms with E-state index in [0.717, 1.165) is 50.9 Å². The van der Waals surface area contributed by atoms with Gasteiger partial charge in [-0.2, -0.15) is 0 Å². The van der Waals surface area contributed by atoms with Crippen LogP contribution in [0.3, 0.4) is 0 Å². The molecule has 0 fully saturated rings. The van der Waals surface area contributed by atoms with E-state index in [-0.39, 0.29) is 24.0 Å². The quantitative estimate of drug-likeness (QED) is 0.318. The van der Waals surface area contributed by atoms with Crippen molar-refractivity contribution in [1.82, 2.24) is 15.5 Å². The van der Waals surface area contributed by atoms with Crippen LogP contribution in [0.2, 0.25) is 0 Å². The molecule has 1 aromatic carbocycles. The van der Waals surface area contributed by atoms with Crippen LogP contribution in [0, 0.1) is 0 Å². The lowest BCUT2D eigenvalue weighted by Gasteiger charge is -2.18. The van der Waals surface area contributed by atoms with E-state index in [9.17, 15) is 0 Å². The lowest BCUT2D eigenvalue weighted by molar-refractivity contribution is 0.223. The second-order valence-electron chi connectivity index (χ2n) is 5.90. The van der Waals surface area contributed by atoms with Gasteiger partial charge in [0.2, 0.25) is 0 Å². The average molecular weight is 462 g/mol. The molecule has 0 aromatic heterocycles. The Balaban J connectivity index is 0.00000576. The zero-order valence-corrected chi connectivity index (χ0v) is 18.7. The lowest BCUT2D eigenvalue weighted by Crippen LogP contribution is -2.41. The summed E-state index contributed by atoms with van der Waals surface area (Å²) in [6, 6.07) is 8.67. The van der Waals surface area contributed by atoms with Crippen LogP contribution in [0.5, 0.6) is 5.75 Å². The average Bonchev–Trinajstić information content (AvgIpc) is 2.63. The third-order valence-corrected chi connectivity index (χ3v) is 4.17. The highest BCUT2D eigenvalue weighted by atomic mass is 127. The standard InChI is InChI=1S/C19H34N4O.HI/c1-6-16(4)22-19(20-5)21-15-17-9-11-18(12-10-17)24-14-13-23(7-2)8-3;/h9-12,16H,6-8,13-15H2,1-5H3,(H2,20,21,22);1H. The molecule has 0 saturated heterocycles. The Kier molecular flexibility index (Phi) is 13.6. The van der Waals surface area contributed by atoms with Crippen molar-refractivity contribution < 1.29 is 4.74 Å². The van der Waals surface area contributed by atoms with Gasteiger partial charge in [-0.25, -0.2) is 0 Å². The molecule has 6 heteroatoms. The summed E-state index contributed by atoms with van der Waals surface area (Å²) in [5, 5.41) is 6.69. The van der Waals surface area contributed by atoms with Crippen molar-refractivity contribution in [2.75, 3.05) is 33.3 Å². The highest BCUT2D eigenvalue weighted by Crippen LogP contribution is 2.12. The van der Waals surface area contributed by atoms with Crippen LogP contribution >= 0.6 is 24.0 Å². The van der Waals surface area contributed by atoms with Crippen LogP contribution in [-0.2, 0) is 6.54 Å². The molecule has 1 aromatic rings. The Labute approximate surface area is 170 Å². The fourth-order valence-electron chi connectivity index (χ4n) is 2.25. The SMILES string of the molecule is CCC(C)NC(=NC)NCc1ccc(OCCN(CC)CC)cc1.I. The molecule has 0 saturated carbocycles. The second-order valence-corrected chi connectivity index (χ2v) is 5.90. The van der Waals surface area contributed by atoms with Gasteiger partial charge in [-0.15, -0.1) is 24.0 Å². The molecule has 0 bridgehead atoms. The Bertz CT molecular complexity index is 475. The summed E-state index contributed by atoms with van der Waals surface area (Å²) in [5.41, 5.74) is 1.21. The number of aliphatic imine (C=N–C) groups is 1. The normalized spacial score (nSPS) is 12.5. The van der Waals surface area contributed by atoms with E-state index in [1.165, 1.54) is 5.56 Å². The number of rotatable bonds is 10. The van der Waals surface area contributed by atoms with Crippen molar-refractivity contribution in [3.05, 3.63) is 29.8 Å². The minimum Gasteiger partial charge on any atom is -0.492 e.